The highest BCUT2D eigenvalue weighted by Crippen LogP contribution is 2.28. The molecular weight excluding hydrogens is 460 g/mol. The number of fused-ring (bicyclic) bond motifs is 1. The van der Waals surface area contributed by atoms with Crippen LogP contribution in [0.5, 0.6) is 5.75 Å². The van der Waals surface area contributed by atoms with Gasteiger partial charge in [-0.05, 0) is 64.2 Å². The van der Waals surface area contributed by atoms with Crippen LogP contribution in [0.25, 0.3) is 10.8 Å². The predicted molar refractivity (Wildman–Crippen MR) is 141 cm³/mol. The van der Waals surface area contributed by atoms with E-state index in [1.165, 1.54) is 6.21 Å². The Bertz CT molecular complexity index is 1400. The molecular formula is C29H25ClN2O3. The highest BCUT2D eigenvalue weighted by molar-refractivity contribution is 6.30. The van der Waals surface area contributed by atoms with Crippen molar-refractivity contribution in [2.75, 3.05) is 0 Å². The molecule has 1 N–H and O–H groups in total. The van der Waals surface area contributed by atoms with Gasteiger partial charge in [-0.2, -0.15) is 5.10 Å². The van der Waals surface area contributed by atoms with Gasteiger partial charge in [0.1, 0.15) is 5.75 Å². The first-order chi connectivity index (χ1) is 16.7. The second kappa shape index (κ2) is 10.1. The van der Waals surface area contributed by atoms with Gasteiger partial charge in [-0.1, -0.05) is 74.8 Å². The molecule has 0 aromatic heterocycles. The number of nitrogens with zero attached hydrogens (tertiary/aromatic N) is 1. The van der Waals surface area contributed by atoms with E-state index >= 15 is 0 Å². The van der Waals surface area contributed by atoms with Gasteiger partial charge >= 0.3 is 5.97 Å². The van der Waals surface area contributed by atoms with E-state index in [1.54, 1.807) is 42.5 Å². The lowest BCUT2D eigenvalue weighted by atomic mass is 9.87. The lowest BCUT2D eigenvalue weighted by molar-refractivity contribution is 0.0734. The summed E-state index contributed by atoms with van der Waals surface area (Å²) in [7, 11) is 0. The van der Waals surface area contributed by atoms with Crippen LogP contribution in [0.3, 0.4) is 0 Å². The molecule has 0 heterocycles. The quantitative estimate of drug-likeness (QED) is 0.147. The summed E-state index contributed by atoms with van der Waals surface area (Å²) in [6.45, 7) is 6.36. The number of rotatable bonds is 5. The highest BCUT2D eigenvalue weighted by Gasteiger charge is 2.15. The van der Waals surface area contributed by atoms with Crippen LogP contribution in [0.15, 0.2) is 90.0 Å². The SMILES string of the molecule is CC(C)(C)c1ccc(C(=O)N/N=C/c2c(OC(=O)c3ccc(Cl)cc3)ccc3ccccc23)cc1. The minimum absolute atomic E-state index is 0.00136. The third kappa shape index (κ3) is 5.76. The van der Waals surface area contributed by atoms with Gasteiger partial charge < -0.3 is 4.74 Å². The maximum Gasteiger partial charge on any atom is 0.343 e. The molecule has 0 saturated heterocycles. The van der Waals surface area contributed by atoms with Crippen molar-refractivity contribution < 1.29 is 14.3 Å². The van der Waals surface area contributed by atoms with Crippen LogP contribution in [0.4, 0.5) is 0 Å². The number of esters is 1. The molecule has 0 aliphatic carbocycles. The summed E-state index contributed by atoms with van der Waals surface area (Å²) in [4.78, 5) is 25.3. The number of carbonyl (C=O) groups is 2. The average molecular weight is 485 g/mol. The molecule has 0 unspecified atom stereocenters. The molecule has 0 bridgehead atoms. The number of amides is 1. The molecule has 176 valence electrons. The first kappa shape index (κ1) is 24.2. The van der Waals surface area contributed by atoms with Gasteiger partial charge in [-0.3, -0.25) is 4.79 Å². The van der Waals surface area contributed by atoms with E-state index in [1.807, 2.05) is 42.5 Å². The van der Waals surface area contributed by atoms with Crippen molar-refractivity contribution >= 4 is 40.5 Å². The first-order valence-corrected chi connectivity index (χ1v) is 11.5. The molecule has 0 radical (unpaired) electrons. The number of ether oxygens (including phenoxy) is 1. The molecule has 1 amide bonds. The summed E-state index contributed by atoms with van der Waals surface area (Å²) >= 11 is 5.92. The van der Waals surface area contributed by atoms with Crippen molar-refractivity contribution in [3.8, 4) is 5.75 Å². The van der Waals surface area contributed by atoms with Crippen molar-refractivity contribution in [2.24, 2.45) is 5.10 Å². The van der Waals surface area contributed by atoms with Gasteiger partial charge in [0.25, 0.3) is 5.91 Å². The lowest BCUT2D eigenvalue weighted by Crippen LogP contribution is -2.18. The summed E-state index contributed by atoms with van der Waals surface area (Å²) in [5, 5.41) is 6.47. The Hall–Kier alpha value is -3.96. The van der Waals surface area contributed by atoms with Gasteiger partial charge in [0.05, 0.1) is 11.8 Å². The Morgan fingerprint density at radius 1 is 0.857 bits per heavy atom. The Kier molecular flexibility index (Phi) is 6.99. The minimum Gasteiger partial charge on any atom is -0.422 e. The largest absolute Gasteiger partial charge is 0.422 e. The van der Waals surface area contributed by atoms with E-state index < -0.39 is 5.97 Å². The molecule has 0 saturated carbocycles. The summed E-state index contributed by atoms with van der Waals surface area (Å²) in [5.74, 6) is -0.521. The molecule has 0 aliphatic rings. The first-order valence-electron chi connectivity index (χ1n) is 11.2. The monoisotopic (exact) mass is 484 g/mol. The molecule has 5 nitrogen and oxygen atoms in total. The van der Waals surface area contributed by atoms with E-state index in [4.69, 9.17) is 16.3 Å². The zero-order valence-electron chi connectivity index (χ0n) is 19.7. The fourth-order valence-corrected chi connectivity index (χ4v) is 3.71. The molecule has 0 spiro atoms. The van der Waals surface area contributed by atoms with E-state index in [0.717, 1.165) is 16.3 Å². The Balaban J connectivity index is 1.58. The van der Waals surface area contributed by atoms with Crippen LogP contribution >= 0.6 is 11.6 Å². The van der Waals surface area contributed by atoms with E-state index in [2.05, 4.69) is 31.3 Å². The minimum atomic E-state index is -0.519. The van der Waals surface area contributed by atoms with Gasteiger partial charge in [-0.25, -0.2) is 10.2 Å². The summed E-state index contributed by atoms with van der Waals surface area (Å²) in [6, 6.07) is 25.2. The lowest BCUT2D eigenvalue weighted by Gasteiger charge is -2.18. The summed E-state index contributed by atoms with van der Waals surface area (Å²) in [6.07, 6.45) is 1.49. The average Bonchev–Trinajstić information content (AvgIpc) is 2.85. The molecule has 4 rings (SSSR count). The smallest absolute Gasteiger partial charge is 0.343 e. The van der Waals surface area contributed by atoms with Crippen LogP contribution in [0.1, 0.15) is 52.6 Å². The van der Waals surface area contributed by atoms with Crippen molar-refractivity contribution in [1.29, 1.82) is 0 Å². The number of nitrogens with one attached hydrogen (secondary N) is 1. The van der Waals surface area contributed by atoms with E-state index in [0.29, 0.717) is 27.5 Å². The number of hydrogen-bond acceptors (Lipinski definition) is 4. The molecule has 6 heteroatoms. The second-order valence-corrected chi connectivity index (χ2v) is 9.56. The van der Waals surface area contributed by atoms with Gasteiger partial charge in [0.15, 0.2) is 0 Å². The van der Waals surface area contributed by atoms with Crippen molar-refractivity contribution in [3.63, 3.8) is 0 Å². The third-order valence-corrected chi connectivity index (χ3v) is 5.84. The molecule has 0 fully saturated rings. The summed E-state index contributed by atoms with van der Waals surface area (Å²) in [5.41, 5.74) is 5.16. The topological polar surface area (TPSA) is 67.8 Å². The maximum absolute atomic E-state index is 12.7. The molecule has 35 heavy (non-hydrogen) atoms. The van der Waals surface area contributed by atoms with Crippen LogP contribution in [0.2, 0.25) is 5.02 Å². The number of carbonyl (C=O) groups excluding carboxylic acids is 2. The van der Waals surface area contributed by atoms with E-state index in [-0.39, 0.29) is 11.3 Å². The number of hydrazone groups is 1. The zero-order chi connectivity index (χ0) is 25.0. The fraction of sp³-hybridized carbons (Fsp3) is 0.138. The number of hydrogen-bond donors (Lipinski definition) is 1. The van der Waals surface area contributed by atoms with Crippen LogP contribution in [-0.4, -0.2) is 18.1 Å². The number of benzene rings is 4. The number of halogens is 1. The second-order valence-electron chi connectivity index (χ2n) is 9.12. The van der Waals surface area contributed by atoms with Crippen molar-refractivity contribution in [3.05, 3.63) is 112 Å². The fourth-order valence-electron chi connectivity index (χ4n) is 3.58. The normalized spacial score (nSPS) is 11.5. The Morgan fingerprint density at radius 2 is 1.51 bits per heavy atom. The molecule has 4 aromatic carbocycles. The van der Waals surface area contributed by atoms with E-state index in [9.17, 15) is 9.59 Å². The van der Waals surface area contributed by atoms with Crippen molar-refractivity contribution in [1.82, 2.24) is 5.43 Å². The van der Waals surface area contributed by atoms with Crippen LogP contribution in [-0.2, 0) is 5.41 Å². The maximum atomic E-state index is 12.7. The van der Waals surface area contributed by atoms with Gasteiger partial charge in [0.2, 0.25) is 0 Å². The zero-order valence-corrected chi connectivity index (χ0v) is 20.5. The van der Waals surface area contributed by atoms with Gasteiger partial charge in [0, 0.05) is 16.1 Å². The third-order valence-electron chi connectivity index (χ3n) is 5.59. The molecule has 0 aliphatic heterocycles. The standard InChI is InChI=1S/C29H25ClN2O3/c1-29(2,3)22-13-8-20(9-14-22)27(33)32-31-18-25-24-7-5-4-6-19(24)12-17-26(25)35-28(34)21-10-15-23(30)16-11-21/h4-18H,1-3H3,(H,32,33)/b31-18+. The predicted octanol–water partition coefficient (Wildman–Crippen LogP) is 6.77. The van der Waals surface area contributed by atoms with Crippen LogP contribution in [0, 0.1) is 0 Å². The van der Waals surface area contributed by atoms with Gasteiger partial charge in [-0.15, -0.1) is 0 Å². The van der Waals surface area contributed by atoms with Crippen LogP contribution < -0.4 is 10.2 Å². The Morgan fingerprint density at radius 3 is 2.20 bits per heavy atom. The highest BCUT2D eigenvalue weighted by atomic mass is 35.5. The summed E-state index contributed by atoms with van der Waals surface area (Å²) < 4.78 is 5.68. The molecule has 0 atom stereocenters. The Labute approximate surface area is 209 Å². The molecule has 4 aromatic rings. The van der Waals surface area contributed by atoms with Crippen molar-refractivity contribution in [2.45, 2.75) is 26.2 Å².